The standard InChI is InChI=1S/C18H22N2O4/c1-2-24-11-7-6-10-15-18(23)20(13-17(21)22)16(12-19-15)14-8-4-3-5-9-14/h3-5,8-9,12H,2,6-7,10-11,13H2,1H3,(H,21,22). The number of hydrogen-bond donors (Lipinski definition) is 1. The van der Waals surface area contributed by atoms with Crippen LogP contribution < -0.4 is 5.56 Å². The number of aliphatic carboxylic acids is 1. The molecule has 0 saturated heterocycles. The largest absolute Gasteiger partial charge is 0.480 e. The van der Waals surface area contributed by atoms with Crippen molar-refractivity contribution in [2.45, 2.75) is 32.7 Å². The fourth-order valence-electron chi connectivity index (χ4n) is 2.47. The second-order valence-electron chi connectivity index (χ2n) is 5.40. The molecule has 1 N–H and O–H groups in total. The molecule has 0 spiro atoms. The van der Waals surface area contributed by atoms with Gasteiger partial charge in [-0.1, -0.05) is 30.3 Å². The van der Waals surface area contributed by atoms with E-state index in [4.69, 9.17) is 9.84 Å². The summed E-state index contributed by atoms with van der Waals surface area (Å²) in [6.07, 6.45) is 3.71. The third-order valence-electron chi connectivity index (χ3n) is 3.64. The van der Waals surface area contributed by atoms with Crippen LogP contribution in [0.3, 0.4) is 0 Å². The molecule has 1 aromatic carbocycles. The molecule has 0 bridgehead atoms. The molecule has 0 atom stereocenters. The monoisotopic (exact) mass is 330 g/mol. The number of rotatable bonds is 9. The molecule has 0 amide bonds. The van der Waals surface area contributed by atoms with Gasteiger partial charge in [-0.15, -0.1) is 0 Å². The van der Waals surface area contributed by atoms with Gasteiger partial charge < -0.3 is 9.84 Å². The van der Waals surface area contributed by atoms with Crippen molar-refractivity contribution in [3.05, 3.63) is 52.6 Å². The highest BCUT2D eigenvalue weighted by Gasteiger charge is 2.14. The SMILES string of the molecule is CCOCCCCc1ncc(-c2ccccc2)n(CC(=O)O)c1=O. The molecule has 0 aliphatic rings. The molecular weight excluding hydrogens is 308 g/mol. The van der Waals surface area contributed by atoms with Crippen LogP contribution in [-0.4, -0.2) is 33.8 Å². The Morgan fingerprint density at radius 3 is 2.67 bits per heavy atom. The lowest BCUT2D eigenvalue weighted by atomic mass is 10.1. The molecule has 1 heterocycles. The third-order valence-corrected chi connectivity index (χ3v) is 3.64. The maximum atomic E-state index is 12.6. The summed E-state index contributed by atoms with van der Waals surface area (Å²) in [6.45, 7) is 2.89. The number of hydrogen-bond acceptors (Lipinski definition) is 4. The highest BCUT2D eigenvalue weighted by Crippen LogP contribution is 2.17. The maximum Gasteiger partial charge on any atom is 0.323 e. The molecule has 6 heteroatoms. The van der Waals surface area contributed by atoms with E-state index in [0.29, 0.717) is 31.0 Å². The van der Waals surface area contributed by atoms with Crippen molar-refractivity contribution in [1.29, 1.82) is 0 Å². The highest BCUT2D eigenvalue weighted by atomic mass is 16.5. The minimum atomic E-state index is -1.05. The molecule has 0 saturated carbocycles. The maximum absolute atomic E-state index is 12.6. The van der Waals surface area contributed by atoms with Gasteiger partial charge in [0, 0.05) is 13.2 Å². The van der Waals surface area contributed by atoms with Crippen LogP contribution in [-0.2, 0) is 22.5 Å². The fraction of sp³-hybridized carbons (Fsp3) is 0.389. The number of aromatic nitrogens is 2. The van der Waals surface area contributed by atoms with Gasteiger partial charge in [0.1, 0.15) is 12.2 Å². The summed E-state index contributed by atoms with van der Waals surface area (Å²) < 4.78 is 6.55. The van der Waals surface area contributed by atoms with Crippen LogP contribution >= 0.6 is 0 Å². The van der Waals surface area contributed by atoms with Gasteiger partial charge in [0.2, 0.25) is 0 Å². The Labute approximate surface area is 140 Å². The zero-order valence-corrected chi connectivity index (χ0v) is 13.8. The molecule has 2 rings (SSSR count). The molecule has 0 radical (unpaired) electrons. The van der Waals surface area contributed by atoms with E-state index in [-0.39, 0.29) is 12.1 Å². The molecule has 6 nitrogen and oxygen atoms in total. The van der Waals surface area contributed by atoms with Crippen LogP contribution in [0.4, 0.5) is 0 Å². The average molecular weight is 330 g/mol. The van der Waals surface area contributed by atoms with Gasteiger partial charge >= 0.3 is 5.97 Å². The van der Waals surface area contributed by atoms with Gasteiger partial charge in [0.05, 0.1) is 11.9 Å². The number of carboxylic acids is 1. The minimum absolute atomic E-state index is 0.338. The van der Waals surface area contributed by atoms with Gasteiger partial charge in [-0.25, -0.2) is 0 Å². The van der Waals surface area contributed by atoms with E-state index in [1.54, 1.807) is 6.20 Å². The fourth-order valence-corrected chi connectivity index (χ4v) is 2.47. The Bertz CT molecular complexity index is 726. The predicted molar refractivity (Wildman–Crippen MR) is 91.0 cm³/mol. The number of ether oxygens (including phenoxy) is 1. The molecular formula is C18H22N2O4. The van der Waals surface area contributed by atoms with Crippen LogP contribution in [0.2, 0.25) is 0 Å². The molecule has 0 unspecified atom stereocenters. The number of benzene rings is 1. The van der Waals surface area contributed by atoms with Crippen molar-refractivity contribution in [2.24, 2.45) is 0 Å². The summed E-state index contributed by atoms with van der Waals surface area (Å²) in [7, 11) is 0. The molecule has 128 valence electrons. The van der Waals surface area contributed by atoms with Gasteiger partial charge in [-0.05, 0) is 31.7 Å². The molecule has 0 aliphatic carbocycles. The minimum Gasteiger partial charge on any atom is -0.480 e. The lowest BCUT2D eigenvalue weighted by Gasteiger charge is -2.12. The second kappa shape index (κ2) is 8.98. The van der Waals surface area contributed by atoms with Crippen molar-refractivity contribution >= 4 is 5.97 Å². The van der Waals surface area contributed by atoms with Crippen molar-refractivity contribution in [3.8, 4) is 11.3 Å². The van der Waals surface area contributed by atoms with E-state index in [9.17, 15) is 9.59 Å². The summed E-state index contributed by atoms with van der Waals surface area (Å²) in [5.74, 6) is -1.05. The van der Waals surface area contributed by atoms with E-state index in [0.717, 1.165) is 18.4 Å². The van der Waals surface area contributed by atoms with Crippen molar-refractivity contribution in [1.82, 2.24) is 9.55 Å². The van der Waals surface area contributed by atoms with Crippen LogP contribution in [0, 0.1) is 0 Å². The molecule has 2 aromatic rings. The number of aryl methyl sites for hydroxylation is 1. The zero-order chi connectivity index (χ0) is 17.4. The van der Waals surface area contributed by atoms with E-state index >= 15 is 0 Å². The quantitative estimate of drug-likeness (QED) is 0.714. The molecule has 24 heavy (non-hydrogen) atoms. The summed E-state index contributed by atoms with van der Waals surface area (Å²) in [6, 6.07) is 9.20. The van der Waals surface area contributed by atoms with Crippen molar-refractivity contribution in [3.63, 3.8) is 0 Å². The van der Waals surface area contributed by atoms with Gasteiger partial charge in [-0.2, -0.15) is 0 Å². The predicted octanol–water partition coefficient (Wildman–Crippen LogP) is 2.35. The normalized spacial score (nSPS) is 10.7. The third kappa shape index (κ3) is 4.76. The lowest BCUT2D eigenvalue weighted by molar-refractivity contribution is -0.137. The van der Waals surface area contributed by atoms with E-state index in [2.05, 4.69) is 4.98 Å². The first-order valence-corrected chi connectivity index (χ1v) is 8.07. The number of carbonyl (C=O) groups is 1. The van der Waals surface area contributed by atoms with E-state index in [1.165, 1.54) is 4.57 Å². The zero-order valence-electron chi connectivity index (χ0n) is 13.8. The summed E-state index contributed by atoms with van der Waals surface area (Å²) in [5, 5.41) is 9.13. The highest BCUT2D eigenvalue weighted by molar-refractivity contribution is 5.68. The van der Waals surface area contributed by atoms with Crippen LogP contribution in [0.5, 0.6) is 0 Å². The Kier molecular flexibility index (Phi) is 6.69. The second-order valence-corrected chi connectivity index (χ2v) is 5.40. The Morgan fingerprint density at radius 1 is 1.25 bits per heavy atom. The smallest absolute Gasteiger partial charge is 0.323 e. The van der Waals surface area contributed by atoms with E-state index in [1.807, 2.05) is 37.3 Å². The van der Waals surface area contributed by atoms with Crippen LogP contribution in [0.25, 0.3) is 11.3 Å². The first-order valence-electron chi connectivity index (χ1n) is 8.07. The number of unbranched alkanes of at least 4 members (excludes halogenated alkanes) is 1. The summed E-state index contributed by atoms with van der Waals surface area (Å²) in [5.41, 5.74) is 1.34. The summed E-state index contributed by atoms with van der Waals surface area (Å²) in [4.78, 5) is 28.0. The molecule has 1 aromatic heterocycles. The topological polar surface area (TPSA) is 81.4 Å². The van der Waals surface area contributed by atoms with Gasteiger partial charge in [-0.3, -0.25) is 19.1 Å². The Hall–Kier alpha value is -2.47. The van der Waals surface area contributed by atoms with Crippen molar-refractivity contribution < 1.29 is 14.6 Å². The first-order chi connectivity index (χ1) is 11.6. The number of carboxylic acid groups (broad SMARTS) is 1. The van der Waals surface area contributed by atoms with Crippen LogP contribution in [0.15, 0.2) is 41.3 Å². The molecule has 0 aliphatic heterocycles. The van der Waals surface area contributed by atoms with Crippen LogP contribution in [0.1, 0.15) is 25.5 Å². The van der Waals surface area contributed by atoms with Crippen molar-refractivity contribution in [2.75, 3.05) is 13.2 Å². The first kappa shape index (κ1) is 17.9. The van der Waals surface area contributed by atoms with Gasteiger partial charge in [0.25, 0.3) is 5.56 Å². The Balaban J connectivity index is 2.26. The number of nitrogens with zero attached hydrogens (tertiary/aromatic N) is 2. The summed E-state index contributed by atoms with van der Waals surface area (Å²) >= 11 is 0. The average Bonchev–Trinajstić information content (AvgIpc) is 2.58. The van der Waals surface area contributed by atoms with Gasteiger partial charge in [0.15, 0.2) is 0 Å². The Morgan fingerprint density at radius 2 is 2.00 bits per heavy atom. The molecule has 0 fully saturated rings. The van der Waals surface area contributed by atoms with E-state index < -0.39 is 5.97 Å². The lowest BCUT2D eigenvalue weighted by Crippen LogP contribution is -2.29.